The normalized spacial score (nSPS) is 10.8. The fourth-order valence-electron chi connectivity index (χ4n) is 3.13. The molecule has 2 N–H and O–H groups in total. The van der Waals surface area contributed by atoms with Crippen LogP contribution in [0.1, 0.15) is 105 Å². The van der Waals surface area contributed by atoms with Gasteiger partial charge in [-0.3, -0.25) is 4.79 Å². The molecule has 0 aliphatic carbocycles. The highest BCUT2D eigenvalue weighted by Gasteiger charge is 2.19. The Kier molecular flexibility index (Phi) is 17.3. The monoisotopic (exact) mass is 509 g/mol. The number of Topliss-reactive ketones (excluding diaryl/α,β-unsaturated/α-hetero) is 1. The average Bonchev–Trinajstić information content (AvgIpc) is 3.28. The fourth-order valence-corrected chi connectivity index (χ4v) is 4.06. The number of methoxy groups -OCH3 is 1. The minimum Gasteiger partial charge on any atom is -0.507 e. The summed E-state index contributed by atoms with van der Waals surface area (Å²) in [5, 5.41) is 12.5. The van der Waals surface area contributed by atoms with Crippen LogP contribution >= 0.6 is 11.3 Å². The van der Waals surface area contributed by atoms with Crippen molar-refractivity contribution >= 4 is 23.2 Å². The molecule has 1 atom stereocenters. The number of ether oxygens (including phenoxy) is 1. The van der Waals surface area contributed by atoms with Crippen molar-refractivity contribution < 1.29 is 23.8 Å². The van der Waals surface area contributed by atoms with Gasteiger partial charge in [-0.25, -0.2) is 9.59 Å². The number of aromatic hydroxyl groups is 1. The first-order valence-corrected chi connectivity index (χ1v) is 13.3. The molecule has 0 aliphatic rings. The van der Waals surface area contributed by atoms with Gasteiger partial charge in [0.25, 0.3) is 0 Å². The molecule has 0 radical (unpaired) electrons. The Morgan fingerprint density at radius 1 is 1.17 bits per heavy atom. The Morgan fingerprint density at radius 3 is 2.37 bits per heavy atom. The molecule has 2 aromatic heterocycles. The van der Waals surface area contributed by atoms with Gasteiger partial charge >= 0.3 is 11.7 Å². The summed E-state index contributed by atoms with van der Waals surface area (Å²) in [6.45, 7) is 12.4. The molecule has 0 fully saturated rings. The van der Waals surface area contributed by atoms with Gasteiger partial charge in [-0.05, 0) is 44.7 Å². The number of nitrogens with one attached hydrogen (secondary N) is 1. The Hall–Kier alpha value is -2.61. The van der Waals surface area contributed by atoms with E-state index in [1.54, 1.807) is 11.8 Å². The molecule has 0 spiro atoms. The van der Waals surface area contributed by atoms with Crippen LogP contribution in [0.15, 0.2) is 27.4 Å². The standard InChI is InChI=1S/C16H23NO6.C9H14S.C2H6/c1-4-11(18)14-12(19)9-13(23-15(14)20)10(2)7-5-6-8-17-16(21)22-3;1-3-4-5-9-7-6-8(2)10-9;1-2/h9-10,19H,4-8H2,1-3H3,(H,17,21);6-7H,3-5H2,1-2H3;1-2H3. The molecule has 0 saturated heterocycles. The zero-order valence-corrected chi connectivity index (χ0v) is 23.2. The van der Waals surface area contributed by atoms with Crippen LogP contribution in [0.25, 0.3) is 0 Å². The van der Waals surface area contributed by atoms with Gasteiger partial charge in [-0.2, -0.15) is 0 Å². The summed E-state index contributed by atoms with van der Waals surface area (Å²) in [6, 6.07) is 5.78. The van der Waals surface area contributed by atoms with Crippen LogP contribution in [0.2, 0.25) is 0 Å². The molecule has 8 heteroatoms. The molecule has 0 aliphatic heterocycles. The molecule has 35 heavy (non-hydrogen) atoms. The fraction of sp³-hybridized carbons (Fsp3) is 0.593. The molecule has 1 amide bonds. The average molecular weight is 510 g/mol. The summed E-state index contributed by atoms with van der Waals surface area (Å²) in [5.74, 6) is -0.509. The summed E-state index contributed by atoms with van der Waals surface area (Å²) in [4.78, 5) is 37.3. The van der Waals surface area contributed by atoms with Crippen LogP contribution in [-0.2, 0) is 11.2 Å². The highest BCUT2D eigenvalue weighted by atomic mass is 32.1. The first kappa shape index (κ1) is 32.4. The van der Waals surface area contributed by atoms with Crippen LogP contribution in [0.3, 0.4) is 0 Å². The maximum atomic E-state index is 11.8. The van der Waals surface area contributed by atoms with Gasteiger partial charge < -0.3 is 19.6 Å². The maximum absolute atomic E-state index is 11.8. The summed E-state index contributed by atoms with van der Waals surface area (Å²) in [5.41, 5.74) is -1.09. The summed E-state index contributed by atoms with van der Waals surface area (Å²) in [7, 11) is 1.30. The van der Waals surface area contributed by atoms with Crippen LogP contribution in [-0.4, -0.2) is 30.6 Å². The lowest BCUT2D eigenvalue weighted by Crippen LogP contribution is -2.23. The zero-order valence-electron chi connectivity index (χ0n) is 22.4. The third kappa shape index (κ3) is 12.6. The van der Waals surface area contributed by atoms with Crippen molar-refractivity contribution in [3.05, 3.63) is 49.7 Å². The second-order valence-corrected chi connectivity index (χ2v) is 9.28. The lowest BCUT2D eigenvalue weighted by Gasteiger charge is -2.11. The number of thiophene rings is 1. The molecule has 1 unspecified atom stereocenters. The molecular formula is C27H43NO6S. The largest absolute Gasteiger partial charge is 0.507 e. The molecule has 2 heterocycles. The SMILES string of the molecule is CC.CCC(=O)c1c(O)cc(C(C)CCCCNC(=O)OC)oc1=O.CCCCc1ccc(C)s1. The second-order valence-electron chi connectivity index (χ2n) is 7.90. The molecule has 2 aromatic rings. The van der Waals surface area contributed by atoms with Gasteiger partial charge in [0, 0.05) is 34.7 Å². The van der Waals surface area contributed by atoms with Crippen molar-refractivity contribution in [2.24, 2.45) is 0 Å². The number of amides is 1. The van der Waals surface area contributed by atoms with E-state index in [1.165, 1.54) is 37.3 Å². The summed E-state index contributed by atoms with van der Waals surface area (Å²) < 4.78 is 9.62. The van der Waals surface area contributed by atoms with Gasteiger partial charge in [0.15, 0.2) is 5.78 Å². The quantitative estimate of drug-likeness (QED) is 0.250. The van der Waals surface area contributed by atoms with Gasteiger partial charge in [-0.15, -0.1) is 11.3 Å². The smallest absolute Gasteiger partial charge is 0.406 e. The Morgan fingerprint density at radius 2 is 1.86 bits per heavy atom. The number of unbranched alkanes of at least 4 members (excludes halogenated alkanes) is 2. The molecule has 0 aromatic carbocycles. The van der Waals surface area contributed by atoms with Crippen LogP contribution in [0.4, 0.5) is 4.79 Å². The van der Waals surface area contributed by atoms with Crippen LogP contribution in [0, 0.1) is 6.92 Å². The van der Waals surface area contributed by atoms with Gasteiger partial charge in [0.2, 0.25) is 0 Å². The summed E-state index contributed by atoms with van der Waals surface area (Å²) >= 11 is 1.93. The van der Waals surface area contributed by atoms with Crippen LogP contribution in [0.5, 0.6) is 5.75 Å². The number of carbonyl (C=O) groups excluding carboxylic acids is 2. The van der Waals surface area contributed by atoms with Crippen molar-refractivity contribution in [1.29, 1.82) is 0 Å². The van der Waals surface area contributed by atoms with Gasteiger partial charge in [-0.1, -0.05) is 47.5 Å². The molecule has 198 valence electrons. The van der Waals surface area contributed by atoms with E-state index in [0.29, 0.717) is 18.7 Å². The summed E-state index contributed by atoms with van der Waals surface area (Å²) in [6.07, 6.45) is 5.83. The predicted octanol–water partition coefficient (Wildman–Crippen LogP) is 6.99. The minimum absolute atomic E-state index is 0.0856. The third-order valence-corrected chi connectivity index (χ3v) is 6.19. The number of ketones is 1. The topological polar surface area (TPSA) is 106 Å². The molecular weight excluding hydrogens is 466 g/mol. The number of rotatable bonds is 11. The highest BCUT2D eigenvalue weighted by molar-refractivity contribution is 7.11. The molecule has 7 nitrogen and oxygen atoms in total. The zero-order chi connectivity index (χ0) is 26.8. The van der Waals surface area contributed by atoms with E-state index < -0.39 is 17.5 Å². The van der Waals surface area contributed by atoms with Crippen molar-refractivity contribution in [3.63, 3.8) is 0 Å². The van der Waals surface area contributed by atoms with E-state index >= 15 is 0 Å². The van der Waals surface area contributed by atoms with Crippen molar-refractivity contribution in [1.82, 2.24) is 5.32 Å². The predicted molar refractivity (Wildman–Crippen MR) is 143 cm³/mol. The third-order valence-electron chi connectivity index (χ3n) is 5.13. The van der Waals surface area contributed by atoms with E-state index in [4.69, 9.17) is 4.42 Å². The first-order valence-electron chi connectivity index (χ1n) is 12.5. The molecule has 0 bridgehead atoms. The highest BCUT2D eigenvalue weighted by Crippen LogP contribution is 2.25. The number of hydrogen-bond donors (Lipinski definition) is 2. The van der Waals surface area contributed by atoms with Crippen molar-refractivity contribution in [2.45, 2.75) is 92.4 Å². The number of carbonyl (C=O) groups is 2. The van der Waals surface area contributed by atoms with Gasteiger partial charge in [0.1, 0.15) is 17.1 Å². The van der Waals surface area contributed by atoms with E-state index in [0.717, 1.165) is 12.8 Å². The number of aryl methyl sites for hydroxylation is 2. The van der Waals surface area contributed by atoms with Crippen molar-refractivity contribution in [3.8, 4) is 5.75 Å². The lowest BCUT2D eigenvalue weighted by molar-refractivity contribution is 0.0980. The minimum atomic E-state index is -0.800. The van der Waals surface area contributed by atoms with E-state index in [9.17, 15) is 19.5 Å². The Balaban J connectivity index is 0.000000798. The number of hydrogen-bond acceptors (Lipinski definition) is 7. The Bertz CT molecular complexity index is 934. The lowest BCUT2D eigenvalue weighted by atomic mass is 10.00. The van der Waals surface area contributed by atoms with E-state index in [-0.39, 0.29) is 23.7 Å². The molecule has 2 rings (SSSR count). The van der Waals surface area contributed by atoms with Crippen molar-refractivity contribution in [2.75, 3.05) is 13.7 Å². The number of alkyl carbamates (subject to hydrolysis) is 1. The van der Waals surface area contributed by atoms with E-state index in [1.807, 2.05) is 32.1 Å². The molecule has 0 saturated carbocycles. The first-order chi connectivity index (χ1) is 16.7. The van der Waals surface area contributed by atoms with Crippen LogP contribution < -0.4 is 10.9 Å². The Labute approximate surface area is 213 Å². The van der Waals surface area contributed by atoms with E-state index in [2.05, 4.69) is 36.0 Å². The second kappa shape index (κ2) is 18.7. The van der Waals surface area contributed by atoms with Gasteiger partial charge in [0.05, 0.1) is 7.11 Å². The maximum Gasteiger partial charge on any atom is 0.406 e.